The SMILES string of the molecule is CCN1CCN(c2nc(C#N)c(C#N)nc2C(C#N)=C2Nc3ccccc3N2)CC1. The minimum Gasteiger partial charge on any atom is -0.352 e. The number of hydrogen-bond acceptors (Lipinski definition) is 9. The highest BCUT2D eigenvalue weighted by Crippen LogP contribution is 2.35. The van der Waals surface area contributed by atoms with E-state index in [1.807, 2.05) is 41.3 Å². The lowest BCUT2D eigenvalue weighted by molar-refractivity contribution is 0.270. The summed E-state index contributed by atoms with van der Waals surface area (Å²) in [5.41, 5.74) is 2.11. The van der Waals surface area contributed by atoms with Crippen LogP contribution in [0.15, 0.2) is 30.1 Å². The van der Waals surface area contributed by atoms with Crippen molar-refractivity contribution in [1.82, 2.24) is 14.9 Å². The minimum absolute atomic E-state index is 0.0351. The van der Waals surface area contributed by atoms with Gasteiger partial charge < -0.3 is 20.4 Å². The zero-order valence-electron chi connectivity index (χ0n) is 16.5. The van der Waals surface area contributed by atoms with E-state index in [0.29, 0.717) is 30.4 Å². The molecule has 1 aromatic heterocycles. The van der Waals surface area contributed by atoms with Gasteiger partial charge in [-0.25, -0.2) is 9.97 Å². The summed E-state index contributed by atoms with van der Waals surface area (Å²) in [6.07, 6.45) is 0. The number of anilines is 3. The Bertz CT molecular complexity index is 1110. The second-order valence-electron chi connectivity index (χ2n) is 6.90. The molecule has 3 heterocycles. The van der Waals surface area contributed by atoms with Gasteiger partial charge in [0.15, 0.2) is 17.2 Å². The van der Waals surface area contributed by atoms with Crippen LogP contribution in [0.1, 0.15) is 24.0 Å². The molecule has 9 nitrogen and oxygen atoms in total. The van der Waals surface area contributed by atoms with Crippen LogP contribution >= 0.6 is 0 Å². The number of allylic oxidation sites excluding steroid dienone is 1. The molecule has 0 amide bonds. The third kappa shape index (κ3) is 3.37. The average Bonchev–Trinajstić information content (AvgIpc) is 3.23. The second kappa shape index (κ2) is 8.08. The molecule has 0 unspecified atom stereocenters. The molecule has 0 saturated carbocycles. The molecule has 1 saturated heterocycles. The van der Waals surface area contributed by atoms with Crippen LogP contribution < -0.4 is 15.5 Å². The van der Waals surface area contributed by atoms with Gasteiger partial charge in [-0.05, 0) is 18.7 Å². The van der Waals surface area contributed by atoms with E-state index in [-0.39, 0.29) is 17.0 Å². The van der Waals surface area contributed by atoms with Crippen LogP contribution in [0.5, 0.6) is 0 Å². The van der Waals surface area contributed by atoms with Crippen molar-refractivity contribution in [2.45, 2.75) is 6.92 Å². The summed E-state index contributed by atoms with van der Waals surface area (Å²) in [5, 5.41) is 35.3. The number of benzene rings is 1. The summed E-state index contributed by atoms with van der Waals surface area (Å²) in [6.45, 7) is 6.16. The van der Waals surface area contributed by atoms with Crippen molar-refractivity contribution in [3.63, 3.8) is 0 Å². The summed E-state index contributed by atoms with van der Waals surface area (Å²) in [4.78, 5) is 13.2. The predicted molar refractivity (Wildman–Crippen MR) is 112 cm³/mol. The van der Waals surface area contributed by atoms with E-state index in [2.05, 4.69) is 38.5 Å². The molecule has 0 spiro atoms. The Balaban J connectivity index is 1.82. The van der Waals surface area contributed by atoms with Gasteiger partial charge >= 0.3 is 0 Å². The number of para-hydroxylation sites is 2. The molecule has 1 aromatic carbocycles. The van der Waals surface area contributed by atoms with Gasteiger partial charge in [-0.1, -0.05) is 19.1 Å². The number of rotatable bonds is 3. The molecule has 2 aliphatic heterocycles. The van der Waals surface area contributed by atoms with Crippen molar-refractivity contribution in [3.05, 3.63) is 47.2 Å². The lowest BCUT2D eigenvalue weighted by Crippen LogP contribution is -2.47. The standard InChI is InChI=1S/C21H19N9/c1-2-29-7-9-30(10-8-29)21-19(25-17(12-23)18(13-24)28-21)14(11-22)20-26-15-5-3-4-6-16(15)27-20/h3-6,26-27H,2,7-10H2,1H3. The van der Waals surface area contributed by atoms with E-state index in [0.717, 1.165) is 31.0 Å². The summed E-state index contributed by atoms with van der Waals surface area (Å²) >= 11 is 0. The normalized spacial score (nSPS) is 15.3. The molecule has 0 bridgehead atoms. The van der Waals surface area contributed by atoms with Gasteiger partial charge in [0.1, 0.15) is 35.3 Å². The van der Waals surface area contributed by atoms with Crippen molar-refractivity contribution in [2.75, 3.05) is 48.3 Å². The Morgan fingerprint density at radius 2 is 1.57 bits per heavy atom. The summed E-state index contributed by atoms with van der Waals surface area (Å²) in [5.74, 6) is 0.931. The zero-order valence-corrected chi connectivity index (χ0v) is 16.5. The Morgan fingerprint density at radius 3 is 2.10 bits per heavy atom. The first-order valence-corrected chi connectivity index (χ1v) is 9.65. The number of fused-ring (bicyclic) bond motifs is 1. The molecule has 0 radical (unpaired) electrons. The molecule has 4 rings (SSSR count). The molecule has 2 aromatic rings. The van der Waals surface area contributed by atoms with Gasteiger partial charge in [0.2, 0.25) is 0 Å². The van der Waals surface area contributed by atoms with Gasteiger partial charge in [0.25, 0.3) is 0 Å². The molecular weight excluding hydrogens is 378 g/mol. The third-order valence-electron chi connectivity index (χ3n) is 5.25. The van der Waals surface area contributed by atoms with E-state index in [4.69, 9.17) is 0 Å². The zero-order chi connectivity index (χ0) is 21.1. The molecular formula is C21H19N9. The average molecular weight is 397 g/mol. The molecule has 1 fully saturated rings. The highest BCUT2D eigenvalue weighted by molar-refractivity contribution is 5.92. The summed E-state index contributed by atoms with van der Waals surface area (Å²) in [7, 11) is 0. The van der Waals surface area contributed by atoms with E-state index >= 15 is 0 Å². The van der Waals surface area contributed by atoms with Gasteiger partial charge in [0.05, 0.1) is 11.4 Å². The Labute approximate surface area is 174 Å². The number of aromatic nitrogens is 2. The van der Waals surface area contributed by atoms with Crippen molar-refractivity contribution in [1.29, 1.82) is 15.8 Å². The fraction of sp³-hybridized carbons (Fsp3) is 0.286. The number of nitrogens with zero attached hydrogens (tertiary/aromatic N) is 7. The topological polar surface area (TPSA) is 128 Å². The van der Waals surface area contributed by atoms with E-state index < -0.39 is 0 Å². The monoisotopic (exact) mass is 397 g/mol. The van der Waals surface area contributed by atoms with Crippen molar-refractivity contribution < 1.29 is 0 Å². The fourth-order valence-corrected chi connectivity index (χ4v) is 3.60. The number of piperazine rings is 1. The molecule has 9 heteroatoms. The lowest BCUT2D eigenvalue weighted by Gasteiger charge is -2.35. The van der Waals surface area contributed by atoms with E-state index in [9.17, 15) is 15.8 Å². The van der Waals surface area contributed by atoms with Crippen molar-refractivity contribution in [3.8, 4) is 18.2 Å². The quantitative estimate of drug-likeness (QED) is 0.748. The van der Waals surface area contributed by atoms with Gasteiger partial charge in [-0.15, -0.1) is 0 Å². The Hall–Kier alpha value is -4.13. The number of nitriles is 3. The largest absolute Gasteiger partial charge is 0.352 e. The number of hydrogen-bond donors (Lipinski definition) is 2. The molecule has 30 heavy (non-hydrogen) atoms. The summed E-state index contributed by atoms with van der Waals surface area (Å²) in [6, 6.07) is 13.7. The third-order valence-corrected chi connectivity index (χ3v) is 5.25. The number of nitrogens with one attached hydrogen (secondary N) is 2. The summed E-state index contributed by atoms with van der Waals surface area (Å²) < 4.78 is 0. The van der Waals surface area contributed by atoms with Gasteiger partial charge in [0, 0.05) is 26.2 Å². The molecule has 0 atom stereocenters. The van der Waals surface area contributed by atoms with Crippen LogP contribution in [0, 0.1) is 34.0 Å². The maximum Gasteiger partial charge on any atom is 0.179 e. The van der Waals surface area contributed by atoms with Gasteiger partial charge in [-0.2, -0.15) is 15.8 Å². The van der Waals surface area contributed by atoms with E-state index in [1.165, 1.54) is 0 Å². The van der Waals surface area contributed by atoms with Crippen molar-refractivity contribution >= 4 is 22.8 Å². The highest BCUT2D eigenvalue weighted by Gasteiger charge is 2.28. The molecule has 2 aliphatic rings. The maximum atomic E-state index is 9.98. The smallest absolute Gasteiger partial charge is 0.179 e. The molecule has 148 valence electrons. The van der Waals surface area contributed by atoms with Crippen LogP contribution in [-0.2, 0) is 0 Å². The molecule has 2 N–H and O–H groups in total. The highest BCUT2D eigenvalue weighted by atomic mass is 15.3. The Morgan fingerprint density at radius 1 is 0.967 bits per heavy atom. The van der Waals surface area contributed by atoms with Gasteiger partial charge in [-0.3, -0.25) is 0 Å². The van der Waals surface area contributed by atoms with Crippen molar-refractivity contribution in [2.24, 2.45) is 0 Å². The minimum atomic E-state index is -0.0905. The maximum absolute atomic E-state index is 9.98. The van der Waals surface area contributed by atoms with Crippen LogP contribution in [0.4, 0.5) is 17.2 Å². The van der Waals surface area contributed by atoms with Crippen LogP contribution in [-0.4, -0.2) is 47.6 Å². The second-order valence-corrected chi connectivity index (χ2v) is 6.90. The lowest BCUT2D eigenvalue weighted by atomic mass is 10.1. The number of likely N-dealkylation sites (N-methyl/N-ethyl adjacent to an activating group) is 1. The first-order chi connectivity index (χ1) is 14.7. The molecule has 0 aliphatic carbocycles. The van der Waals surface area contributed by atoms with E-state index in [1.54, 1.807) is 0 Å². The first-order valence-electron chi connectivity index (χ1n) is 9.65. The van der Waals surface area contributed by atoms with Crippen LogP contribution in [0.3, 0.4) is 0 Å². The first kappa shape index (κ1) is 19.2. The van der Waals surface area contributed by atoms with Crippen LogP contribution in [0.25, 0.3) is 5.57 Å². The predicted octanol–water partition coefficient (Wildman–Crippen LogP) is 2.09. The van der Waals surface area contributed by atoms with Crippen LogP contribution in [0.2, 0.25) is 0 Å². The Kier molecular flexibility index (Phi) is 5.17. The fourth-order valence-electron chi connectivity index (χ4n) is 3.60.